The number of halogens is 1. The van der Waals surface area contributed by atoms with Crippen LogP contribution in [0.5, 0.6) is 0 Å². The second kappa shape index (κ2) is 16.1. The molecule has 1 N–H and O–H groups in total. The Hall–Kier alpha value is -3.95. The van der Waals surface area contributed by atoms with E-state index < -0.39 is 28.5 Å². The summed E-state index contributed by atoms with van der Waals surface area (Å²) < 4.78 is 30.7. The van der Waals surface area contributed by atoms with Gasteiger partial charge in [-0.1, -0.05) is 102 Å². The second-order valence-electron chi connectivity index (χ2n) is 11.5. The minimum Gasteiger partial charge on any atom is -0.354 e. The van der Waals surface area contributed by atoms with Crippen molar-refractivity contribution < 1.29 is 18.0 Å². The Morgan fingerprint density at radius 3 is 2.15 bits per heavy atom. The molecule has 0 saturated carbocycles. The van der Waals surface area contributed by atoms with Crippen LogP contribution in [0, 0.1) is 20.8 Å². The summed E-state index contributed by atoms with van der Waals surface area (Å²) >= 11 is 3.47. The first-order valence-corrected chi connectivity index (χ1v) is 17.8. The number of carbonyl (C=O) groups is 2. The van der Waals surface area contributed by atoms with E-state index in [9.17, 15) is 18.0 Å². The Labute approximate surface area is 281 Å². The number of nitrogens with zero attached hydrogens (tertiary/aromatic N) is 2. The van der Waals surface area contributed by atoms with Gasteiger partial charge in [0.1, 0.15) is 12.6 Å². The van der Waals surface area contributed by atoms with Crippen LogP contribution in [0.3, 0.4) is 0 Å². The van der Waals surface area contributed by atoms with Crippen molar-refractivity contribution in [1.29, 1.82) is 0 Å². The fourth-order valence-corrected chi connectivity index (χ4v) is 6.94. The van der Waals surface area contributed by atoms with Crippen molar-refractivity contribution in [2.45, 2.75) is 64.4 Å². The van der Waals surface area contributed by atoms with Gasteiger partial charge in [-0.15, -0.1) is 0 Å². The Morgan fingerprint density at radius 1 is 0.826 bits per heavy atom. The van der Waals surface area contributed by atoms with Gasteiger partial charge in [-0.25, -0.2) is 8.42 Å². The van der Waals surface area contributed by atoms with Crippen LogP contribution in [0.15, 0.2) is 106 Å². The fraction of sp³-hybridized carbons (Fsp3) is 0.297. The molecule has 0 unspecified atom stereocenters. The molecule has 4 rings (SSSR count). The number of aryl methyl sites for hydroxylation is 2. The molecule has 4 aromatic rings. The lowest BCUT2D eigenvalue weighted by atomic mass is 10.0. The Kier molecular flexibility index (Phi) is 12.2. The highest BCUT2D eigenvalue weighted by molar-refractivity contribution is 9.10. The maximum atomic E-state index is 14.6. The molecule has 0 aliphatic rings. The molecule has 0 heterocycles. The highest BCUT2D eigenvalue weighted by Gasteiger charge is 2.35. The molecule has 0 aliphatic carbocycles. The summed E-state index contributed by atoms with van der Waals surface area (Å²) in [6.45, 7) is 7.82. The van der Waals surface area contributed by atoms with Crippen LogP contribution in [0.25, 0.3) is 0 Å². The summed E-state index contributed by atoms with van der Waals surface area (Å²) in [4.78, 5) is 30.1. The number of benzene rings is 4. The topological polar surface area (TPSA) is 86.8 Å². The summed E-state index contributed by atoms with van der Waals surface area (Å²) in [5.74, 6) is -0.756. The zero-order valence-electron chi connectivity index (χ0n) is 26.9. The monoisotopic (exact) mass is 703 g/mol. The van der Waals surface area contributed by atoms with Gasteiger partial charge in [0.2, 0.25) is 11.8 Å². The molecule has 0 spiro atoms. The number of amides is 2. The smallest absolute Gasteiger partial charge is 0.264 e. The average Bonchev–Trinajstić information content (AvgIpc) is 3.04. The number of rotatable bonds is 14. The molecular formula is C37H42BrN3O4S. The number of hydrogen-bond acceptors (Lipinski definition) is 4. The van der Waals surface area contributed by atoms with E-state index in [1.807, 2.05) is 88.4 Å². The lowest BCUT2D eigenvalue weighted by molar-refractivity contribution is -0.140. The van der Waals surface area contributed by atoms with E-state index in [-0.39, 0.29) is 23.8 Å². The molecule has 242 valence electrons. The van der Waals surface area contributed by atoms with Gasteiger partial charge < -0.3 is 10.2 Å². The maximum Gasteiger partial charge on any atom is 0.264 e. The van der Waals surface area contributed by atoms with E-state index in [4.69, 9.17) is 0 Å². The second-order valence-corrected chi connectivity index (χ2v) is 14.3. The molecule has 46 heavy (non-hydrogen) atoms. The summed E-state index contributed by atoms with van der Waals surface area (Å²) in [5, 5.41) is 3.02. The highest BCUT2D eigenvalue weighted by Crippen LogP contribution is 2.29. The molecule has 0 bridgehead atoms. The lowest BCUT2D eigenvalue weighted by Crippen LogP contribution is -2.53. The van der Waals surface area contributed by atoms with Crippen LogP contribution >= 0.6 is 15.9 Å². The van der Waals surface area contributed by atoms with E-state index in [2.05, 4.69) is 21.2 Å². The molecule has 4 aromatic carbocycles. The zero-order valence-corrected chi connectivity index (χ0v) is 29.3. The van der Waals surface area contributed by atoms with Gasteiger partial charge in [0.15, 0.2) is 0 Å². The first kappa shape index (κ1) is 34.9. The molecule has 2 amide bonds. The third-order valence-corrected chi connectivity index (χ3v) is 10.4. The summed E-state index contributed by atoms with van der Waals surface area (Å²) in [7, 11) is -4.16. The van der Waals surface area contributed by atoms with Gasteiger partial charge in [0.25, 0.3) is 10.0 Å². The number of anilines is 1. The zero-order chi connectivity index (χ0) is 33.3. The Bertz CT molecular complexity index is 1730. The number of nitrogens with one attached hydrogen (secondary N) is 1. The molecule has 1 atom stereocenters. The van der Waals surface area contributed by atoms with E-state index in [0.29, 0.717) is 12.2 Å². The lowest BCUT2D eigenvalue weighted by Gasteiger charge is -2.34. The normalized spacial score (nSPS) is 11.9. The van der Waals surface area contributed by atoms with Gasteiger partial charge in [-0.3, -0.25) is 13.9 Å². The minimum atomic E-state index is -4.16. The molecule has 0 radical (unpaired) electrons. The molecule has 0 saturated heterocycles. The van der Waals surface area contributed by atoms with Crippen LogP contribution in [0.4, 0.5) is 5.69 Å². The van der Waals surface area contributed by atoms with Crippen molar-refractivity contribution in [2.24, 2.45) is 0 Å². The molecule has 0 aromatic heterocycles. The standard InChI is InChI=1S/C37H42BrN3O4S/c1-5-6-23-39-37(43)35(24-30-12-8-7-9-13-30)40(25-31-17-19-32(38)20-18-31)36(42)26-41(34-14-10-11-28(3)29(34)4)46(44,45)33-21-15-27(2)16-22-33/h7-22,35H,5-6,23-26H2,1-4H3,(H,39,43)/t35-/m0/s1. The first-order valence-electron chi connectivity index (χ1n) is 15.5. The third-order valence-electron chi connectivity index (χ3n) is 8.10. The molecule has 0 aliphatic heterocycles. The van der Waals surface area contributed by atoms with Crippen molar-refractivity contribution in [1.82, 2.24) is 10.2 Å². The van der Waals surface area contributed by atoms with Crippen LogP contribution in [0.1, 0.15) is 47.6 Å². The quantitative estimate of drug-likeness (QED) is 0.142. The summed E-state index contributed by atoms with van der Waals surface area (Å²) in [6.07, 6.45) is 1.99. The van der Waals surface area contributed by atoms with Crippen molar-refractivity contribution in [3.05, 3.63) is 129 Å². The van der Waals surface area contributed by atoms with Crippen LogP contribution in [0.2, 0.25) is 0 Å². The predicted octanol–water partition coefficient (Wildman–Crippen LogP) is 7.13. The van der Waals surface area contributed by atoms with Gasteiger partial charge in [0, 0.05) is 24.0 Å². The molecule has 0 fully saturated rings. The molecule has 9 heteroatoms. The van der Waals surface area contributed by atoms with E-state index in [1.54, 1.807) is 36.4 Å². The Balaban J connectivity index is 1.81. The summed E-state index contributed by atoms with van der Waals surface area (Å²) in [5.41, 5.74) is 4.71. The van der Waals surface area contributed by atoms with Gasteiger partial charge >= 0.3 is 0 Å². The highest BCUT2D eigenvalue weighted by atomic mass is 79.9. The van der Waals surface area contributed by atoms with Gasteiger partial charge in [-0.05, 0) is 79.8 Å². The van der Waals surface area contributed by atoms with Crippen molar-refractivity contribution in [2.75, 3.05) is 17.4 Å². The number of sulfonamides is 1. The van der Waals surface area contributed by atoms with Crippen molar-refractivity contribution in [3.63, 3.8) is 0 Å². The van der Waals surface area contributed by atoms with Gasteiger partial charge in [-0.2, -0.15) is 0 Å². The maximum absolute atomic E-state index is 14.6. The number of carbonyl (C=O) groups excluding carboxylic acids is 2. The SMILES string of the molecule is CCCCNC(=O)[C@H](Cc1ccccc1)N(Cc1ccc(Br)cc1)C(=O)CN(c1cccc(C)c1C)S(=O)(=O)c1ccc(C)cc1. The van der Waals surface area contributed by atoms with Crippen molar-refractivity contribution in [3.8, 4) is 0 Å². The van der Waals surface area contributed by atoms with Crippen LogP contribution < -0.4 is 9.62 Å². The molecular weight excluding hydrogens is 662 g/mol. The Morgan fingerprint density at radius 2 is 1.50 bits per heavy atom. The summed E-state index contributed by atoms with van der Waals surface area (Å²) in [6, 6.07) is 28.3. The average molecular weight is 705 g/mol. The van der Waals surface area contributed by atoms with Crippen molar-refractivity contribution >= 4 is 43.5 Å². The third kappa shape index (κ3) is 8.85. The van der Waals surface area contributed by atoms with E-state index >= 15 is 0 Å². The van der Waals surface area contributed by atoms with Crippen LogP contribution in [-0.2, 0) is 32.6 Å². The minimum absolute atomic E-state index is 0.0874. The largest absolute Gasteiger partial charge is 0.354 e. The predicted molar refractivity (Wildman–Crippen MR) is 188 cm³/mol. The van der Waals surface area contributed by atoms with E-state index in [1.165, 1.54) is 9.21 Å². The number of hydrogen-bond donors (Lipinski definition) is 1. The number of unbranched alkanes of at least 4 members (excludes halogenated alkanes) is 1. The van der Waals surface area contributed by atoms with Crippen LogP contribution in [-0.4, -0.2) is 44.3 Å². The molecule has 7 nitrogen and oxygen atoms in total. The fourth-order valence-electron chi connectivity index (χ4n) is 5.20. The first-order chi connectivity index (χ1) is 22.0. The van der Waals surface area contributed by atoms with Gasteiger partial charge in [0.05, 0.1) is 10.6 Å². The van der Waals surface area contributed by atoms with E-state index in [0.717, 1.165) is 45.1 Å².